The van der Waals surface area contributed by atoms with Crippen LogP contribution < -0.4 is 16.6 Å². The lowest BCUT2D eigenvalue weighted by Gasteiger charge is -2.35. The fourth-order valence-corrected chi connectivity index (χ4v) is 3.97. The van der Waals surface area contributed by atoms with Crippen molar-refractivity contribution in [2.75, 3.05) is 13.1 Å². The molecule has 2 aliphatic rings. The van der Waals surface area contributed by atoms with Crippen LogP contribution in [0.2, 0.25) is 0 Å². The molecule has 0 aromatic heterocycles. The Hall–Kier alpha value is -2.44. The van der Waals surface area contributed by atoms with Crippen LogP contribution in [0.25, 0.3) is 10.8 Å². The van der Waals surface area contributed by atoms with Gasteiger partial charge in [-0.2, -0.15) is 0 Å². The summed E-state index contributed by atoms with van der Waals surface area (Å²) < 4.78 is 0. The van der Waals surface area contributed by atoms with E-state index in [1.165, 1.54) is 16.3 Å². The Morgan fingerprint density at radius 3 is 2.71 bits per heavy atom. The second-order valence-electron chi connectivity index (χ2n) is 6.51. The Balaban J connectivity index is 1.66. The summed E-state index contributed by atoms with van der Waals surface area (Å²) in [5, 5.41) is 2.40. The van der Waals surface area contributed by atoms with Gasteiger partial charge in [0.15, 0.2) is 0 Å². The van der Waals surface area contributed by atoms with E-state index in [0.717, 1.165) is 6.42 Å². The third-order valence-corrected chi connectivity index (χ3v) is 5.17. The number of nitrogens with one attached hydrogen (secondary N) is 2. The van der Waals surface area contributed by atoms with Gasteiger partial charge >= 0.3 is 11.8 Å². The highest BCUT2D eigenvalue weighted by molar-refractivity contribution is 6.34. The van der Waals surface area contributed by atoms with Gasteiger partial charge in [-0.3, -0.25) is 15.0 Å². The van der Waals surface area contributed by atoms with E-state index in [1.807, 2.05) is 12.1 Å². The van der Waals surface area contributed by atoms with Crippen LogP contribution in [-0.4, -0.2) is 35.8 Å². The average molecular weight is 324 g/mol. The number of benzene rings is 2. The van der Waals surface area contributed by atoms with Crippen LogP contribution in [0.1, 0.15) is 18.0 Å². The van der Waals surface area contributed by atoms with E-state index in [2.05, 4.69) is 41.2 Å². The van der Waals surface area contributed by atoms with E-state index in [1.54, 1.807) is 4.90 Å². The molecular formula is C18H20N4O2. The lowest BCUT2D eigenvalue weighted by atomic mass is 9.83. The van der Waals surface area contributed by atoms with Crippen LogP contribution in [0.4, 0.5) is 0 Å². The Morgan fingerprint density at radius 1 is 1.08 bits per heavy atom. The summed E-state index contributed by atoms with van der Waals surface area (Å²) in [6, 6.07) is 14.9. The highest BCUT2D eigenvalue weighted by Gasteiger charge is 2.42. The van der Waals surface area contributed by atoms with Crippen LogP contribution in [-0.2, 0) is 9.59 Å². The minimum atomic E-state index is -0.880. The first kappa shape index (κ1) is 15.1. The molecule has 2 aliphatic heterocycles. The number of nitrogens with two attached hydrogens (primary N) is 1. The Kier molecular flexibility index (Phi) is 3.70. The molecular weight excluding hydrogens is 304 g/mol. The van der Waals surface area contributed by atoms with Gasteiger partial charge in [0.1, 0.15) is 0 Å². The van der Waals surface area contributed by atoms with Crippen LogP contribution in [0.15, 0.2) is 42.5 Å². The van der Waals surface area contributed by atoms with Crippen LogP contribution in [0, 0.1) is 5.92 Å². The van der Waals surface area contributed by atoms with Crippen LogP contribution in [0.5, 0.6) is 0 Å². The molecule has 0 radical (unpaired) electrons. The number of nitrogens with zero attached hydrogens (tertiary/aromatic N) is 1. The standard InChI is InChI=1S/C18H20N4O2/c19-17(23)18(24)22-9-8-15-14(10-22)16(21-20-15)13-7-3-5-11-4-1-2-6-12(11)13/h1-7,14-16,20-21H,8-10H2,(H2,19,23). The molecule has 124 valence electrons. The average Bonchev–Trinajstić information content (AvgIpc) is 3.03. The van der Waals surface area contributed by atoms with E-state index in [-0.39, 0.29) is 18.0 Å². The summed E-state index contributed by atoms with van der Waals surface area (Å²) >= 11 is 0. The van der Waals surface area contributed by atoms with Gasteiger partial charge in [0.05, 0.1) is 6.04 Å². The normalized spacial score (nSPS) is 26.3. The third-order valence-electron chi connectivity index (χ3n) is 5.17. The van der Waals surface area contributed by atoms with Crippen molar-refractivity contribution in [3.05, 3.63) is 48.0 Å². The molecule has 3 unspecified atom stereocenters. The van der Waals surface area contributed by atoms with E-state index in [4.69, 9.17) is 5.73 Å². The number of carbonyl (C=O) groups is 2. The van der Waals surface area contributed by atoms with Crippen molar-refractivity contribution in [2.24, 2.45) is 11.7 Å². The van der Waals surface area contributed by atoms with Crippen molar-refractivity contribution in [3.8, 4) is 0 Å². The molecule has 6 heteroatoms. The summed E-state index contributed by atoms with van der Waals surface area (Å²) in [6.07, 6.45) is 0.804. The van der Waals surface area contributed by atoms with Gasteiger partial charge in [0.25, 0.3) is 0 Å². The first-order valence-electron chi connectivity index (χ1n) is 8.22. The zero-order chi connectivity index (χ0) is 16.7. The van der Waals surface area contributed by atoms with E-state index < -0.39 is 11.8 Å². The van der Waals surface area contributed by atoms with E-state index in [9.17, 15) is 9.59 Å². The lowest BCUT2D eigenvalue weighted by molar-refractivity contribution is -0.145. The van der Waals surface area contributed by atoms with Crippen molar-refractivity contribution >= 4 is 22.6 Å². The monoisotopic (exact) mass is 324 g/mol. The van der Waals surface area contributed by atoms with Crippen molar-refractivity contribution in [3.63, 3.8) is 0 Å². The number of likely N-dealkylation sites (tertiary alicyclic amines) is 1. The van der Waals surface area contributed by atoms with Crippen molar-refractivity contribution in [1.29, 1.82) is 0 Å². The highest BCUT2D eigenvalue weighted by atomic mass is 16.2. The maximum atomic E-state index is 12.0. The van der Waals surface area contributed by atoms with Gasteiger partial charge in [-0.25, -0.2) is 5.43 Å². The first-order valence-corrected chi connectivity index (χ1v) is 8.22. The molecule has 24 heavy (non-hydrogen) atoms. The Labute approximate surface area is 140 Å². The second kappa shape index (κ2) is 5.89. The minimum Gasteiger partial charge on any atom is -0.361 e. The zero-order valence-corrected chi connectivity index (χ0v) is 13.2. The minimum absolute atomic E-state index is 0.0876. The summed E-state index contributed by atoms with van der Waals surface area (Å²) in [5.41, 5.74) is 13.1. The van der Waals surface area contributed by atoms with Crippen molar-refractivity contribution in [2.45, 2.75) is 18.5 Å². The molecule has 2 amide bonds. The molecule has 3 atom stereocenters. The molecule has 2 fully saturated rings. The van der Waals surface area contributed by atoms with Crippen LogP contribution >= 0.6 is 0 Å². The summed E-state index contributed by atoms with van der Waals surface area (Å²) in [4.78, 5) is 24.7. The molecule has 6 nitrogen and oxygen atoms in total. The molecule has 0 bridgehead atoms. The largest absolute Gasteiger partial charge is 0.361 e. The Bertz CT molecular complexity index is 801. The number of hydrogen-bond acceptors (Lipinski definition) is 4. The van der Waals surface area contributed by atoms with Crippen LogP contribution in [0.3, 0.4) is 0 Å². The fourth-order valence-electron chi connectivity index (χ4n) is 3.97. The third kappa shape index (κ3) is 2.44. The second-order valence-corrected chi connectivity index (χ2v) is 6.51. The van der Waals surface area contributed by atoms with E-state index in [0.29, 0.717) is 13.1 Å². The fraction of sp³-hybridized carbons (Fsp3) is 0.333. The molecule has 4 N–H and O–H groups in total. The maximum Gasteiger partial charge on any atom is 0.311 e. The van der Waals surface area contributed by atoms with Gasteiger partial charge in [-0.1, -0.05) is 42.5 Å². The molecule has 2 saturated heterocycles. The van der Waals surface area contributed by atoms with Gasteiger partial charge in [0, 0.05) is 25.0 Å². The molecule has 0 saturated carbocycles. The molecule has 2 heterocycles. The number of amides is 2. The summed E-state index contributed by atoms with van der Waals surface area (Å²) in [7, 11) is 0. The predicted octanol–water partition coefficient (Wildman–Crippen LogP) is 0.691. The van der Waals surface area contributed by atoms with Gasteiger partial charge < -0.3 is 10.6 Å². The SMILES string of the molecule is NC(=O)C(=O)N1CCC2NNC(c3cccc4ccccc34)C2C1. The number of rotatable bonds is 1. The number of hydrogen-bond donors (Lipinski definition) is 3. The molecule has 0 aliphatic carbocycles. The smallest absolute Gasteiger partial charge is 0.311 e. The first-order chi connectivity index (χ1) is 11.6. The number of hydrazine groups is 1. The van der Waals surface area contributed by atoms with Crippen molar-refractivity contribution in [1.82, 2.24) is 15.8 Å². The summed E-state index contributed by atoms with van der Waals surface area (Å²) in [6.45, 7) is 1.08. The Morgan fingerprint density at radius 2 is 1.88 bits per heavy atom. The van der Waals surface area contributed by atoms with Gasteiger partial charge in [-0.05, 0) is 22.8 Å². The zero-order valence-electron chi connectivity index (χ0n) is 13.2. The number of piperidine rings is 1. The molecule has 2 aromatic rings. The lowest BCUT2D eigenvalue weighted by Crippen LogP contribution is -2.51. The predicted molar refractivity (Wildman–Crippen MR) is 90.6 cm³/mol. The molecule has 2 aromatic carbocycles. The van der Waals surface area contributed by atoms with E-state index >= 15 is 0 Å². The van der Waals surface area contributed by atoms with Gasteiger partial charge in [-0.15, -0.1) is 0 Å². The number of carbonyl (C=O) groups excluding carboxylic acids is 2. The molecule has 4 rings (SSSR count). The topological polar surface area (TPSA) is 87.5 Å². The maximum absolute atomic E-state index is 12.0. The van der Waals surface area contributed by atoms with Gasteiger partial charge in [0.2, 0.25) is 0 Å². The highest BCUT2D eigenvalue weighted by Crippen LogP contribution is 2.36. The summed E-state index contributed by atoms with van der Waals surface area (Å²) in [5.74, 6) is -1.26. The van der Waals surface area contributed by atoms with Crippen molar-refractivity contribution < 1.29 is 9.59 Å². The quantitative estimate of drug-likeness (QED) is 0.674. The number of fused-ring (bicyclic) bond motifs is 2. The number of primary amides is 1. The molecule has 0 spiro atoms.